The second-order valence-corrected chi connectivity index (χ2v) is 3.35. The minimum absolute atomic E-state index is 0.402. The van der Waals surface area contributed by atoms with Crippen LogP contribution in [0.2, 0.25) is 0 Å². The summed E-state index contributed by atoms with van der Waals surface area (Å²) in [6.45, 7) is 0. The molecule has 5 nitrogen and oxygen atoms in total. The molecule has 0 unspecified atom stereocenters. The summed E-state index contributed by atoms with van der Waals surface area (Å²) in [5.41, 5.74) is 1.27. The Morgan fingerprint density at radius 1 is 1.35 bits per heavy atom. The van der Waals surface area contributed by atoms with Gasteiger partial charge in [-0.1, -0.05) is 0 Å². The molecule has 17 heavy (non-hydrogen) atoms. The number of carbonyl (C=O) groups is 1. The molecule has 1 aromatic carbocycles. The Kier molecular flexibility index (Phi) is 3.09. The average molecular weight is 232 g/mol. The quantitative estimate of drug-likeness (QED) is 0.755. The number of methoxy groups -OCH3 is 2. The summed E-state index contributed by atoms with van der Waals surface area (Å²) < 4.78 is 11.7. The van der Waals surface area contributed by atoms with Crippen LogP contribution in [0.4, 0.5) is 0 Å². The molecule has 1 aromatic heterocycles. The van der Waals surface area contributed by atoms with Gasteiger partial charge in [-0.15, -0.1) is 0 Å². The van der Waals surface area contributed by atoms with Gasteiger partial charge in [0.05, 0.1) is 26.2 Å². The van der Waals surface area contributed by atoms with E-state index in [1.807, 2.05) is 10.8 Å². The molecule has 0 N–H and O–H groups in total. The van der Waals surface area contributed by atoms with Gasteiger partial charge >= 0.3 is 5.97 Å². The molecule has 0 saturated heterocycles. The van der Waals surface area contributed by atoms with Gasteiger partial charge in [-0.3, -0.25) is 0 Å². The Hall–Kier alpha value is -2.30. The predicted molar refractivity (Wildman–Crippen MR) is 61.5 cm³/mol. The van der Waals surface area contributed by atoms with E-state index < -0.39 is 5.97 Å². The minimum atomic E-state index is -0.418. The molecule has 0 aliphatic carbocycles. The smallest absolute Gasteiger partial charge is 0.341 e. The van der Waals surface area contributed by atoms with Crippen molar-refractivity contribution in [3.63, 3.8) is 0 Å². The molecule has 0 radical (unpaired) electrons. The highest BCUT2D eigenvalue weighted by atomic mass is 16.5. The number of imidazole rings is 1. The van der Waals surface area contributed by atoms with Crippen molar-refractivity contribution in [2.75, 3.05) is 14.2 Å². The Morgan fingerprint density at radius 3 is 2.76 bits per heavy atom. The molecule has 2 aromatic rings. The van der Waals surface area contributed by atoms with E-state index >= 15 is 0 Å². The Labute approximate surface area is 98.6 Å². The van der Waals surface area contributed by atoms with Crippen molar-refractivity contribution >= 4 is 5.97 Å². The Bertz CT molecular complexity index is 521. The lowest BCUT2D eigenvalue weighted by molar-refractivity contribution is 0.0597. The second kappa shape index (κ2) is 4.69. The fourth-order valence-electron chi connectivity index (χ4n) is 1.53. The SMILES string of the molecule is COC(=O)c1ccc(-n2ccnc2)cc1OC. The summed E-state index contributed by atoms with van der Waals surface area (Å²) in [6, 6.07) is 5.23. The largest absolute Gasteiger partial charge is 0.496 e. The minimum Gasteiger partial charge on any atom is -0.496 e. The zero-order chi connectivity index (χ0) is 12.3. The fourth-order valence-corrected chi connectivity index (χ4v) is 1.53. The first-order valence-corrected chi connectivity index (χ1v) is 5.01. The molecule has 5 heteroatoms. The maximum absolute atomic E-state index is 11.5. The predicted octanol–water partition coefficient (Wildman–Crippen LogP) is 1.67. The highest BCUT2D eigenvalue weighted by Gasteiger charge is 2.13. The molecular formula is C12H12N2O3. The number of carbonyl (C=O) groups excluding carboxylic acids is 1. The van der Waals surface area contributed by atoms with Gasteiger partial charge in [-0.2, -0.15) is 0 Å². The first kappa shape index (κ1) is 11.2. The molecule has 0 amide bonds. The standard InChI is InChI=1S/C12H12N2O3/c1-16-11-7-9(14-6-5-13-8-14)3-4-10(11)12(15)17-2/h3-8H,1-2H3. The van der Waals surface area contributed by atoms with Gasteiger partial charge in [-0.05, 0) is 12.1 Å². The van der Waals surface area contributed by atoms with Crippen LogP contribution in [0.15, 0.2) is 36.9 Å². The van der Waals surface area contributed by atoms with E-state index in [1.165, 1.54) is 14.2 Å². The number of hydrogen-bond donors (Lipinski definition) is 0. The van der Waals surface area contributed by atoms with Crippen molar-refractivity contribution in [2.24, 2.45) is 0 Å². The molecular weight excluding hydrogens is 220 g/mol. The fraction of sp³-hybridized carbons (Fsp3) is 0.167. The lowest BCUT2D eigenvalue weighted by atomic mass is 10.2. The van der Waals surface area contributed by atoms with E-state index in [9.17, 15) is 4.79 Å². The van der Waals surface area contributed by atoms with Gasteiger partial charge in [0, 0.05) is 18.5 Å². The van der Waals surface area contributed by atoms with Crippen LogP contribution in [0.1, 0.15) is 10.4 Å². The van der Waals surface area contributed by atoms with Crippen LogP contribution in [0.3, 0.4) is 0 Å². The van der Waals surface area contributed by atoms with E-state index in [0.29, 0.717) is 11.3 Å². The number of aromatic nitrogens is 2. The Balaban J connectivity index is 2.44. The van der Waals surface area contributed by atoms with Crippen LogP contribution in [0.5, 0.6) is 5.75 Å². The molecule has 0 saturated carbocycles. The third-order valence-corrected chi connectivity index (χ3v) is 2.39. The molecule has 0 atom stereocenters. The third-order valence-electron chi connectivity index (χ3n) is 2.39. The van der Waals surface area contributed by atoms with Crippen LogP contribution in [0.25, 0.3) is 5.69 Å². The lowest BCUT2D eigenvalue weighted by Gasteiger charge is -2.09. The molecule has 0 aliphatic heterocycles. The number of nitrogens with zero attached hydrogens (tertiary/aromatic N) is 2. The molecule has 2 rings (SSSR count). The van der Waals surface area contributed by atoms with Crippen LogP contribution in [-0.2, 0) is 4.74 Å². The second-order valence-electron chi connectivity index (χ2n) is 3.35. The van der Waals surface area contributed by atoms with Crippen molar-refractivity contribution < 1.29 is 14.3 Å². The van der Waals surface area contributed by atoms with Gasteiger partial charge in [-0.25, -0.2) is 9.78 Å². The molecule has 0 fully saturated rings. The number of esters is 1. The lowest BCUT2D eigenvalue weighted by Crippen LogP contribution is -2.04. The first-order chi connectivity index (χ1) is 8.26. The van der Waals surface area contributed by atoms with Crippen molar-refractivity contribution in [3.8, 4) is 11.4 Å². The molecule has 0 aliphatic rings. The van der Waals surface area contributed by atoms with Gasteiger partial charge < -0.3 is 14.0 Å². The highest BCUT2D eigenvalue weighted by Crippen LogP contribution is 2.22. The number of hydrogen-bond acceptors (Lipinski definition) is 4. The van der Waals surface area contributed by atoms with Gasteiger partial charge in [0.2, 0.25) is 0 Å². The summed E-state index contributed by atoms with van der Waals surface area (Å²) in [5, 5.41) is 0. The van der Waals surface area contributed by atoms with Crippen LogP contribution in [0, 0.1) is 0 Å². The van der Waals surface area contributed by atoms with Crippen LogP contribution < -0.4 is 4.74 Å². The van der Waals surface area contributed by atoms with Crippen LogP contribution in [-0.4, -0.2) is 29.7 Å². The summed E-state index contributed by atoms with van der Waals surface area (Å²) in [4.78, 5) is 15.4. The monoisotopic (exact) mass is 232 g/mol. The molecule has 88 valence electrons. The molecule has 0 bridgehead atoms. The maximum atomic E-state index is 11.5. The van der Waals surface area contributed by atoms with Gasteiger partial charge in [0.1, 0.15) is 11.3 Å². The summed E-state index contributed by atoms with van der Waals surface area (Å²) in [7, 11) is 2.85. The first-order valence-electron chi connectivity index (χ1n) is 5.01. The van der Waals surface area contributed by atoms with E-state index in [4.69, 9.17) is 4.74 Å². The van der Waals surface area contributed by atoms with E-state index in [0.717, 1.165) is 5.69 Å². The van der Waals surface area contributed by atoms with Crippen LogP contribution >= 0.6 is 0 Å². The number of benzene rings is 1. The zero-order valence-electron chi connectivity index (χ0n) is 9.58. The van der Waals surface area contributed by atoms with Crippen molar-refractivity contribution in [1.82, 2.24) is 9.55 Å². The van der Waals surface area contributed by atoms with Crippen molar-refractivity contribution in [1.29, 1.82) is 0 Å². The van der Waals surface area contributed by atoms with E-state index in [-0.39, 0.29) is 0 Å². The summed E-state index contributed by atoms with van der Waals surface area (Å²) >= 11 is 0. The average Bonchev–Trinajstić information content (AvgIpc) is 2.91. The Morgan fingerprint density at radius 2 is 2.18 bits per heavy atom. The summed E-state index contributed by atoms with van der Waals surface area (Å²) in [5.74, 6) is 0.0575. The van der Waals surface area contributed by atoms with E-state index in [1.54, 1.807) is 30.7 Å². The zero-order valence-corrected chi connectivity index (χ0v) is 9.58. The van der Waals surface area contributed by atoms with Crippen molar-refractivity contribution in [3.05, 3.63) is 42.5 Å². The van der Waals surface area contributed by atoms with Gasteiger partial charge in [0.25, 0.3) is 0 Å². The number of ether oxygens (including phenoxy) is 2. The maximum Gasteiger partial charge on any atom is 0.341 e. The van der Waals surface area contributed by atoms with Crippen molar-refractivity contribution in [2.45, 2.75) is 0 Å². The molecule has 1 heterocycles. The van der Waals surface area contributed by atoms with E-state index in [2.05, 4.69) is 9.72 Å². The van der Waals surface area contributed by atoms with Gasteiger partial charge in [0.15, 0.2) is 0 Å². The topological polar surface area (TPSA) is 53.4 Å². The molecule has 0 spiro atoms. The normalized spacial score (nSPS) is 10.0. The highest BCUT2D eigenvalue weighted by molar-refractivity contribution is 5.92. The number of rotatable bonds is 3. The summed E-state index contributed by atoms with van der Waals surface area (Å²) in [6.07, 6.45) is 5.17. The third kappa shape index (κ3) is 2.13.